The van der Waals surface area contributed by atoms with E-state index in [1.54, 1.807) is 24.3 Å². The number of amides is 1. The molecule has 0 aliphatic rings. The second-order valence-corrected chi connectivity index (χ2v) is 8.76. The normalized spacial score (nSPS) is 10.7. The number of nitrogens with zero attached hydrogens (tertiary/aromatic N) is 4. The fourth-order valence-electron chi connectivity index (χ4n) is 3.13. The summed E-state index contributed by atoms with van der Waals surface area (Å²) in [7, 11) is 0. The molecular weight excluding hydrogens is 490 g/mol. The van der Waals surface area contributed by atoms with Gasteiger partial charge in [0.15, 0.2) is 11.0 Å². The van der Waals surface area contributed by atoms with Gasteiger partial charge in [0.1, 0.15) is 12.4 Å². The number of ether oxygens (including phenoxy) is 1. The predicted molar refractivity (Wildman–Crippen MR) is 134 cm³/mol. The minimum Gasteiger partial charge on any atom is -0.486 e. The molecule has 1 N–H and O–H groups in total. The molecule has 1 heterocycles. The van der Waals surface area contributed by atoms with Crippen LogP contribution in [0.3, 0.4) is 0 Å². The Morgan fingerprint density at radius 1 is 1.03 bits per heavy atom. The summed E-state index contributed by atoms with van der Waals surface area (Å²) in [6, 6.07) is 22.4. The van der Waals surface area contributed by atoms with Gasteiger partial charge in [-0.05, 0) is 48.5 Å². The van der Waals surface area contributed by atoms with Crippen molar-refractivity contribution in [2.24, 2.45) is 0 Å². The zero-order chi connectivity index (χ0) is 24.6. The Hall–Kier alpha value is -3.89. The molecule has 9 nitrogen and oxygen atoms in total. The number of para-hydroxylation sites is 1. The minimum atomic E-state index is -0.486. The number of carbonyl (C=O) groups is 1. The molecule has 178 valence electrons. The maximum atomic E-state index is 12.3. The van der Waals surface area contributed by atoms with Crippen molar-refractivity contribution in [3.05, 3.63) is 99.8 Å². The van der Waals surface area contributed by atoms with Gasteiger partial charge in [-0.15, -0.1) is 10.2 Å². The van der Waals surface area contributed by atoms with Gasteiger partial charge in [0, 0.05) is 40.7 Å². The van der Waals surface area contributed by atoms with Crippen LogP contribution in [0, 0.1) is 10.1 Å². The van der Waals surface area contributed by atoms with Crippen LogP contribution < -0.4 is 10.1 Å². The highest BCUT2D eigenvalue weighted by Gasteiger charge is 2.16. The van der Waals surface area contributed by atoms with Gasteiger partial charge < -0.3 is 10.1 Å². The fraction of sp³-hybridized carbons (Fsp3) is 0.125. The van der Waals surface area contributed by atoms with Gasteiger partial charge in [0.2, 0.25) is 5.91 Å². The number of thioether (sulfide) groups is 1. The maximum Gasteiger partial charge on any atom is 0.269 e. The fourth-order valence-corrected chi connectivity index (χ4v) is 4.16. The van der Waals surface area contributed by atoms with Crippen LogP contribution in [0.2, 0.25) is 5.02 Å². The zero-order valence-corrected chi connectivity index (χ0v) is 19.9. The molecule has 0 fully saturated rings. The Labute approximate surface area is 210 Å². The lowest BCUT2D eigenvalue weighted by molar-refractivity contribution is -0.384. The molecule has 1 aromatic heterocycles. The molecule has 3 aromatic carbocycles. The molecule has 1 amide bonds. The number of rotatable bonds is 10. The van der Waals surface area contributed by atoms with E-state index < -0.39 is 4.92 Å². The van der Waals surface area contributed by atoms with Crippen molar-refractivity contribution in [2.45, 2.75) is 18.2 Å². The van der Waals surface area contributed by atoms with Crippen molar-refractivity contribution in [1.82, 2.24) is 14.8 Å². The molecule has 0 bridgehead atoms. The van der Waals surface area contributed by atoms with Crippen LogP contribution in [0.5, 0.6) is 5.75 Å². The first-order valence-corrected chi connectivity index (χ1v) is 11.9. The Kier molecular flexibility index (Phi) is 7.96. The monoisotopic (exact) mass is 509 g/mol. The quantitative estimate of drug-likeness (QED) is 0.170. The molecule has 0 spiro atoms. The number of halogens is 1. The van der Waals surface area contributed by atoms with E-state index in [1.807, 2.05) is 34.9 Å². The molecular formula is C24H20ClN5O4S. The Bertz CT molecular complexity index is 1300. The average molecular weight is 510 g/mol. The molecule has 11 heteroatoms. The molecule has 0 saturated heterocycles. The number of anilines is 1. The number of nitro groups is 1. The number of hydrogen-bond donors (Lipinski definition) is 1. The smallest absolute Gasteiger partial charge is 0.269 e. The van der Waals surface area contributed by atoms with Crippen molar-refractivity contribution in [3.8, 4) is 11.4 Å². The molecule has 0 aliphatic heterocycles. The van der Waals surface area contributed by atoms with E-state index in [0.717, 1.165) is 5.69 Å². The summed E-state index contributed by atoms with van der Waals surface area (Å²) in [6.45, 7) is 0.199. The summed E-state index contributed by atoms with van der Waals surface area (Å²) in [5.41, 5.74) is 1.35. The van der Waals surface area contributed by atoms with Crippen LogP contribution >= 0.6 is 23.4 Å². The lowest BCUT2D eigenvalue weighted by atomic mass is 10.3. The largest absolute Gasteiger partial charge is 0.486 e. The third-order valence-electron chi connectivity index (χ3n) is 4.82. The lowest BCUT2D eigenvalue weighted by Crippen LogP contribution is -2.12. The summed E-state index contributed by atoms with van der Waals surface area (Å²) in [4.78, 5) is 22.6. The molecule has 35 heavy (non-hydrogen) atoms. The number of nitro benzene ring substituents is 1. The van der Waals surface area contributed by atoms with Gasteiger partial charge in [0.05, 0.1) is 4.92 Å². The van der Waals surface area contributed by atoms with Crippen LogP contribution in [-0.2, 0) is 11.4 Å². The summed E-state index contributed by atoms with van der Waals surface area (Å²) < 4.78 is 7.75. The third-order valence-corrected chi connectivity index (χ3v) is 6.00. The summed E-state index contributed by atoms with van der Waals surface area (Å²) in [5.74, 6) is 1.53. The highest BCUT2D eigenvalue weighted by Crippen LogP contribution is 2.24. The van der Waals surface area contributed by atoms with E-state index in [1.165, 1.54) is 36.0 Å². The standard InChI is InChI=1S/C24H20ClN5O4S/c25-17-6-12-21(13-7-17)34-16-22-27-28-24(29(22)19-4-2-1-3-5-19)35-15-14-23(31)26-18-8-10-20(11-9-18)30(32)33/h1-13H,14-16H2,(H,26,31). The Balaban J connectivity index is 1.39. The van der Waals surface area contributed by atoms with E-state index >= 15 is 0 Å². The Morgan fingerprint density at radius 3 is 2.43 bits per heavy atom. The first-order valence-electron chi connectivity index (χ1n) is 10.5. The van der Waals surface area contributed by atoms with E-state index in [4.69, 9.17) is 16.3 Å². The summed E-state index contributed by atoms with van der Waals surface area (Å²) in [5, 5.41) is 23.4. The van der Waals surface area contributed by atoms with E-state index in [-0.39, 0.29) is 24.6 Å². The number of nitrogens with one attached hydrogen (secondary N) is 1. The SMILES string of the molecule is O=C(CCSc1nnc(COc2ccc(Cl)cc2)n1-c1ccccc1)Nc1ccc([N+](=O)[O-])cc1. The predicted octanol–water partition coefficient (Wildman–Crippen LogP) is 5.53. The van der Waals surface area contributed by atoms with Crippen molar-refractivity contribution >= 4 is 40.6 Å². The summed E-state index contributed by atoms with van der Waals surface area (Å²) >= 11 is 7.33. The summed E-state index contributed by atoms with van der Waals surface area (Å²) in [6.07, 6.45) is 0.222. The van der Waals surface area contributed by atoms with Crippen molar-refractivity contribution in [3.63, 3.8) is 0 Å². The molecule has 0 saturated carbocycles. The van der Waals surface area contributed by atoms with Gasteiger partial charge in [0.25, 0.3) is 5.69 Å². The lowest BCUT2D eigenvalue weighted by Gasteiger charge is -2.11. The molecule has 0 aliphatic carbocycles. The topological polar surface area (TPSA) is 112 Å². The second kappa shape index (κ2) is 11.5. The molecule has 0 radical (unpaired) electrons. The second-order valence-electron chi connectivity index (χ2n) is 7.26. The van der Waals surface area contributed by atoms with Gasteiger partial charge in [-0.3, -0.25) is 19.5 Å². The molecule has 4 aromatic rings. The van der Waals surface area contributed by atoms with Crippen LogP contribution in [0.1, 0.15) is 12.2 Å². The van der Waals surface area contributed by atoms with Crippen molar-refractivity contribution in [2.75, 3.05) is 11.1 Å². The van der Waals surface area contributed by atoms with Gasteiger partial charge >= 0.3 is 0 Å². The van der Waals surface area contributed by atoms with Crippen LogP contribution in [0.4, 0.5) is 11.4 Å². The van der Waals surface area contributed by atoms with E-state index in [2.05, 4.69) is 15.5 Å². The van der Waals surface area contributed by atoms with Gasteiger partial charge in [-0.25, -0.2) is 0 Å². The minimum absolute atomic E-state index is 0.0327. The van der Waals surface area contributed by atoms with Crippen LogP contribution in [-0.4, -0.2) is 31.3 Å². The highest BCUT2D eigenvalue weighted by molar-refractivity contribution is 7.99. The van der Waals surface area contributed by atoms with Gasteiger partial charge in [-0.1, -0.05) is 41.6 Å². The van der Waals surface area contributed by atoms with Crippen molar-refractivity contribution in [1.29, 1.82) is 0 Å². The molecule has 4 rings (SSSR count). The van der Waals surface area contributed by atoms with Crippen molar-refractivity contribution < 1.29 is 14.5 Å². The number of carbonyl (C=O) groups excluding carboxylic acids is 1. The van der Waals surface area contributed by atoms with Gasteiger partial charge in [-0.2, -0.15) is 0 Å². The number of hydrogen-bond acceptors (Lipinski definition) is 7. The Morgan fingerprint density at radius 2 is 1.74 bits per heavy atom. The first kappa shape index (κ1) is 24.2. The third kappa shape index (κ3) is 6.58. The van der Waals surface area contributed by atoms with Crippen LogP contribution in [0.15, 0.2) is 84.0 Å². The number of non-ortho nitro benzene ring substituents is 1. The molecule has 0 atom stereocenters. The highest BCUT2D eigenvalue weighted by atomic mass is 35.5. The zero-order valence-electron chi connectivity index (χ0n) is 18.3. The van der Waals surface area contributed by atoms with Crippen LogP contribution in [0.25, 0.3) is 5.69 Å². The average Bonchev–Trinajstić information content (AvgIpc) is 3.27. The number of aromatic nitrogens is 3. The first-order chi connectivity index (χ1) is 17.0. The number of benzene rings is 3. The van der Waals surface area contributed by atoms with E-state index in [0.29, 0.717) is 33.2 Å². The van der Waals surface area contributed by atoms with E-state index in [9.17, 15) is 14.9 Å². The molecule has 0 unspecified atom stereocenters. The maximum absolute atomic E-state index is 12.3.